The molecule has 8 nitrogen and oxygen atoms in total. The first-order valence-electron chi connectivity index (χ1n) is 8.10. The van der Waals surface area contributed by atoms with Gasteiger partial charge < -0.3 is 14.3 Å². The van der Waals surface area contributed by atoms with Crippen LogP contribution < -0.4 is 0 Å². The topological polar surface area (TPSA) is 114 Å². The van der Waals surface area contributed by atoms with Crippen LogP contribution in [0.15, 0.2) is 45.7 Å². The van der Waals surface area contributed by atoms with E-state index in [-0.39, 0.29) is 10.5 Å². The molecule has 2 heterocycles. The number of methoxy groups -OCH3 is 1. The normalized spacial score (nSPS) is 16.5. The molecule has 0 unspecified atom stereocenters. The maximum absolute atomic E-state index is 12.5. The quantitative estimate of drug-likeness (QED) is 0.600. The molecule has 9 heteroatoms. The van der Waals surface area contributed by atoms with Crippen LogP contribution in [0.3, 0.4) is 0 Å². The minimum absolute atomic E-state index is 0.128. The van der Waals surface area contributed by atoms with E-state index in [0.29, 0.717) is 28.8 Å². The molecular formula is C19H15NO7S. The van der Waals surface area contributed by atoms with Crippen molar-refractivity contribution in [2.75, 3.05) is 7.11 Å². The highest BCUT2D eigenvalue weighted by molar-refractivity contribution is 8.18. The maximum atomic E-state index is 12.5. The highest BCUT2D eigenvalue weighted by Crippen LogP contribution is 2.34. The molecule has 0 saturated carbocycles. The Bertz CT molecular complexity index is 990. The van der Waals surface area contributed by atoms with Crippen molar-refractivity contribution in [1.82, 2.24) is 4.90 Å². The molecule has 0 radical (unpaired) electrons. The van der Waals surface area contributed by atoms with Gasteiger partial charge in [0.05, 0.1) is 17.6 Å². The first-order valence-corrected chi connectivity index (χ1v) is 8.92. The van der Waals surface area contributed by atoms with Crippen LogP contribution in [-0.2, 0) is 14.3 Å². The van der Waals surface area contributed by atoms with Crippen molar-refractivity contribution in [2.24, 2.45) is 0 Å². The predicted molar refractivity (Wildman–Crippen MR) is 100 cm³/mol. The zero-order valence-corrected chi connectivity index (χ0v) is 15.7. The van der Waals surface area contributed by atoms with Crippen molar-refractivity contribution < 1.29 is 33.4 Å². The summed E-state index contributed by atoms with van der Waals surface area (Å²) in [6, 6.07) is 8.40. The summed E-state index contributed by atoms with van der Waals surface area (Å²) in [7, 11) is 1.18. The van der Waals surface area contributed by atoms with Gasteiger partial charge in [-0.3, -0.25) is 14.5 Å². The number of carboxylic acids is 1. The average Bonchev–Trinajstić information content (AvgIpc) is 3.25. The lowest BCUT2D eigenvalue weighted by Gasteiger charge is -2.18. The molecular weight excluding hydrogens is 386 g/mol. The van der Waals surface area contributed by atoms with E-state index in [2.05, 4.69) is 4.74 Å². The number of carbonyl (C=O) groups excluding carboxylic acids is 3. The minimum atomic E-state index is -1.02. The van der Waals surface area contributed by atoms with E-state index < -0.39 is 29.1 Å². The lowest BCUT2D eigenvalue weighted by Crippen LogP contribution is -2.42. The summed E-state index contributed by atoms with van der Waals surface area (Å²) in [6.45, 7) is 1.41. The molecule has 2 amide bonds. The van der Waals surface area contributed by atoms with Gasteiger partial charge in [0.25, 0.3) is 11.1 Å². The highest BCUT2D eigenvalue weighted by atomic mass is 32.2. The van der Waals surface area contributed by atoms with Gasteiger partial charge >= 0.3 is 11.9 Å². The number of benzene rings is 1. The predicted octanol–water partition coefficient (Wildman–Crippen LogP) is 3.24. The van der Waals surface area contributed by atoms with Crippen molar-refractivity contribution in [1.29, 1.82) is 0 Å². The van der Waals surface area contributed by atoms with Gasteiger partial charge in [0.1, 0.15) is 17.6 Å². The van der Waals surface area contributed by atoms with Crippen LogP contribution in [0, 0.1) is 0 Å². The van der Waals surface area contributed by atoms with Crippen molar-refractivity contribution in [3.8, 4) is 11.3 Å². The summed E-state index contributed by atoms with van der Waals surface area (Å²) in [4.78, 5) is 48.1. The van der Waals surface area contributed by atoms with Crippen LogP contribution in [-0.4, -0.2) is 46.2 Å². The fourth-order valence-electron chi connectivity index (χ4n) is 2.58. The van der Waals surface area contributed by atoms with Crippen molar-refractivity contribution >= 4 is 40.9 Å². The number of carboxylic acid groups (broad SMARTS) is 1. The maximum Gasteiger partial charge on any atom is 0.335 e. The van der Waals surface area contributed by atoms with E-state index in [1.54, 1.807) is 24.3 Å². The van der Waals surface area contributed by atoms with Gasteiger partial charge in [-0.2, -0.15) is 0 Å². The largest absolute Gasteiger partial charge is 0.478 e. The molecule has 2 aromatic rings. The third-order valence-electron chi connectivity index (χ3n) is 4.07. The molecule has 1 aromatic heterocycles. The number of thioether (sulfide) groups is 1. The number of esters is 1. The van der Waals surface area contributed by atoms with E-state index in [1.807, 2.05) is 0 Å². The minimum Gasteiger partial charge on any atom is -0.478 e. The number of aromatic carboxylic acids is 1. The molecule has 1 aliphatic rings. The SMILES string of the molecule is COC(=O)[C@@H](C)N1C(=O)S/C(=C/c2ccc(-c3ccc(C(=O)O)cc3)o2)C1=O. The molecule has 3 rings (SSSR count). The van der Waals surface area contributed by atoms with Gasteiger partial charge in [0.2, 0.25) is 0 Å². The molecule has 28 heavy (non-hydrogen) atoms. The zero-order chi connectivity index (χ0) is 20.4. The molecule has 1 fully saturated rings. The summed E-state index contributed by atoms with van der Waals surface area (Å²) in [5.74, 6) is -1.49. The van der Waals surface area contributed by atoms with E-state index in [9.17, 15) is 19.2 Å². The third kappa shape index (κ3) is 3.70. The van der Waals surface area contributed by atoms with Crippen LogP contribution >= 0.6 is 11.8 Å². The lowest BCUT2D eigenvalue weighted by atomic mass is 10.1. The lowest BCUT2D eigenvalue weighted by molar-refractivity contribution is -0.148. The second kappa shape index (κ2) is 7.73. The summed E-state index contributed by atoms with van der Waals surface area (Å²) in [5.41, 5.74) is 0.820. The van der Waals surface area contributed by atoms with E-state index in [4.69, 9.17) is 9.52 Å². The smallest absolute Gasteiger partial charge is 0.335 e. The van der Waals surface area contributed by atoms with E-state index in [1.165, 1.54) is 32.2 Å². The average molecular weight is 401 g/mol. The Labute approximate surface area is 163 Å². The Hall–Kier alpha value is -3.33. The molecule has 1 aromatic carbocycles. The molecule has 144 valence electrons. The molecule has 1 atom stereocenters. The summed E-state index contributed by atoms with van der Waals surface area (Å²) >= 11 is 0.709. The fraction of sp³-hybridized carbons (Fsp3) is 0.158. The highest BCUT2D eigenvalue weighted by Gasteiger charge is 2.41. The van der Waals surface area contributed by atoms with Gasteiger partial charge in [0.15, 0.2) is 0 Å². The molecule has 1 saturated heterocycles. The number of hydrogen-bond donors (Lipinski definition) is 1. The van der Waals surface area contributed by atoms with Gasteiger partial charge in [0, 0.05) is 11.6 Å². The van der Waals surface area contributed by atoms with Crippen LogP contribution in [0.5, 0.6) is 0 Å². The number of amides is 2. The zero-order valence-electron chi connectivity index (χ0n) is 14.9. The molecule has 0 bridgehead atoms. The van der Waals surface area contributed by atoms with Crippen molar-refractivity contribution in [3.05, 3.63) is 52.6 Å². The molecule has 0 aliphatic carbocycles. The van der Waals surface area contributed by atoms with E-state index >= 15 is 0 Å². The first-order chi connectivity index (χ1) is 13.3. The first kappa shape index (κ1) is 19.4. The Kier molecular flexibility index (Phi) is 5.36. The van der Waals surface area contributed by atoms with Crippen LogP contribution in [0.2, 0.25) is 0 Å². The van der Waals surface area contributed by atoms with Crippen molar-refractivity contribution in [2.45, 2.75) is 13.0 Å². The Morgan fingerprint density at radius 1 is 1.18 bits per heavy atom. The molecule has 0 spiro atoms. The number of rotatable bonds is 5. The summed E-state index contributed by atoms with van der Waals surface area (Å²) < 4.78 is 10.3. The van der Waals surface area contributed by atoms with Gasteiger partial charge in [-0.05, 0) is 43.0 Å². The number of imide groups is 1. The standard InChI is InChI=1S/C19H15NO7S/c1-10(18(24)26-2)20-16(21)15(28-19(20)25)9-13-7-8-14(27-13)11-3-5-12(6-4-11)17(22)23/h3-10H,1-2H3,(H,22,23)/b15-9+/t10-/m1/s1. The Morgan fingerprint density at radius 2 is 1.86 bits per heavy atom. The number of nitrogens with zero attached hydrogens (tertiary/aromatic N) is 1. The van der Waals surface area contributed by atoms with Gasteiger partial charge in [-0.15, -0.1) is 0 Å². The molecule has 1 N–H and O–H groups in total. The van der Waals surface area contributed by atoms with E-state index in [0.717, 1.165) is 4.90 Å². The van der Waals surface area contributed by atoms with Crippen LogP contribution in [0.25, 0.3) is 17.4 Å². The second-order valence-electron chi connectivity index (χ2n) is 5.84. The van der Waals surface area contributed by atoms with Crippen LogP contribution in [0.4, 0.5) is 4.79 Å². The monoisotopic (exact) mass is 401 g/mol. The Morgan fingerprint density at radius 3 is 2.46 bits per heavy atom. The number of furan rings is 1. The second-order valence-corrected chi connectivity index (χ2v) is 6.83. The number of ether oxygens (including phenoxy) is 1. The van der Waals surface area contributed by atoms with Gasteiger partial charge in [-0.1, -0.05) is 12.1 Å². The molecule has 1 aliphatic heterocycles. The van der Waals surface area contributed by atoms with Gasteiger partial charge in [-0.25, -0.2) is 9.59 Å². The summed E-state index contributed by atoms with van der Waals surface area (Å²) in [6.07, 6.45) is 1.42. The van der Waals surface area contributed by atoms with Crippen LogP contribution in [0.1, 0.15) is 23.0 Å². The van der Waals surface area contributed by atoms with Crippen molar-refractivity contribution in [3.63, 3.8) is 0 Å². The Balaban J connectivity index is 1.81. The number of carbonyl (C=O) groups is 4. The number of hydrogen-bond acceptors (Lipinski definition) is 7. The third-order valence-corrected chi connectivity index (χ3v) is 4.95. The summed E-state index contributed by atoms with van der Waals surface area (Å²) in [5, 5.41) is 8.38. The fourth-order valence-corrected chi connectivity index (χ4v) is 3.47.